The Bertz CT molecular complexity index is 1040. The molecule has 1 aliphatic heterocycles. The molecule has 3 aromatic carbocycles. The molecule has 0 aromatic heterocycles. The second kappa shape index (κ2) is 7.33. The molecule has 1 heterocycles. The van der Waals surface area contributed by atoms with Gasteiger partial charge < -0.3 is 5.32 Å². The molecule has 0 spiro atoms. The topological polar surface area (TPSA) is 49.4 Å². The van der Waals surface area contributed by atoms with E-state index in [0.29, 0.717) is 11.1 Å². The molecule has 3 aromatic rings. The van der Waals surface area contributed by atoms with E-state index in [1.54, 1.807) is 60.7 Å². The molecule has 1 N–H and O–H groups in total. The monoisotopic (exact) mass is 410 g/mol. The Balaban J connectivity index is 1.80. The van der Waals surface area contributed by atoms with Gasteiger partial charge in [-0.05, 0) is 22.8 Å². The number of urea groups is 1. The predicted molar refractivity (Wildman–Crippen MR) is 104 cm³/mol. The molecule has 0 atom stereocenters. The van der Waals surface area contributed by atoms with Gasteiger partial charge in [-0.2, -0.15) is 13.2 Å². The molecule has 1 saturated heterocycles. The molecule has 4 nitrogen and oxygen atoms in total. The van der Waals surface area contributed by atoms with Crippen molar-refractivity contribution in [3.8, 4) is 0 Å². The number of carbonyl (C=O) groups excluding carboxylic acids is 2. The van der Waals surface area contributed by atoms with Crippen LogP contribution >= 0.6 is 0 Å². The number of carbonyl (C=O) groups is 2. The van der Waals surface area contributed by atoms with Crippen LogP contribution in [0, 0.1) is 0 Å². The van der Waals surface area contributed by atoms with Crippen molar-refractivity contribution in [3.63, 3.8) is 0 Å². The molecule has 30 heavy (non-hydrogen) atoms. The number of benzene rings is 3. The van der Waals surface area contributed by atoms with Crippen LogP contribution in [0.4, 0.5) is 18.0 Å². The maximum absolute atomic E-state index is 13.6. The minimum atomic E-state index is -4.59. The van der Waals surface area contributed by atoms with E-state index in [-0.39, 0.29) is 5.56 Å². The van der Waals surface area contributed by atoms with Gasteiger partial charge in [0.1, 0.15) is 0 Å². The summed E-state index contributed by atoms with van der Waals surface area (Å²) in [5, 5.41) is 2.73. The van der Waals surface area contributed by atoms with Gasteiger partial charge in [0.15, 0.2) is 5.54 Å². The van der Waals surface area contributed by atoms with Crippen LogP contribution in [0.1, 0.15) is 22.3 Å². The Morgan fingerprint density at radius 3 is 1.80 bits per heavy atom. The number of imide groups is 1. The molecule has 152 valence electrons. The fourth-order valence-electron chi connectivity index (χ4n) is 3.76. The number of rotatable bonds is 4. The van der Waals surface area contributed by atoms with E-state index in [4.69, 9.17) is 0 Å². The molecule has 0 bridgehead atoms. The summed E-state index contributed by atoms with van der Waals surface area (Å²) in [6.45, 7) is -0.484. The van der Waals surface area contributed by atoms with Crippen molar-refractivity contribution >= 4 is 11.9 Å². The number of amides is 3. The van der Waals surface area contributed by atoms with Gasteiger partial charge in [0.2, 0.25) is 0 Å². The molecular formula is C23H17F3N2O2. The first-order valence-corrected chi connectivity index (χ1v) is 9.24. The fraction of sp³-hybridized carbons (Fsp3) is 0.130. The lowest BCUT2D eigenvalue weighted by Crippen LogP contribution is -2.45. The Labute approximate surface area is 170 Å². The Hall–Kier alpha value is -3.61. The molecular weight excluding hydrogens is 393 g/mol. The molecule has 0 radical (unpaired) electrons. The summed E-state index contributed by atoms with van der Waals surface area (Å²) in [6, 6.07) is 21.5. The molecule has 0 unspecified atom stereocenters. The minimum Gasteiger partial charge on any atom is -0.315 e. The largest absolute Gasteiger partial charge is 0.416 e. The van der Waals surface area contributed by atoms with Gasteiger partial charge in [0.25, 0.3) is 5.91 Å². The normalized spacial score (nSPS) is 15.9. The average molecular weight is 410 g/mol. The van der Waals surface area contributed by atoms with Gasteiger partial charge in [-0.25, -0.2) is 4.79 Å². The van der Waals surface area contributed by atoms with E-state index in [9.17, 15) is 22.8 Å². The summed E-state index contributed by atoms with van der Waals surface area (Å²) < 4.78 is 40.2. The second-order valence-electron chi connectivity index (χ2n) is 6.96. The highest BCUT2D eigenvalue weighted by molar-refractivity contribution is 6.09. The van der Waals surface area contributed by atoms with E-state index in [1.165, 1.54) is 18.2 Å². The van der Waals surface area contributed by atoms with Crippen molar-refractivity contribution in [2.24, 2.45) is 0 Å². The summed E-state index contributed by atoms with van der Waals surface area (Å²) in [6.07, 6.45) is -4.59. The number of nitrogens with one attached hydrogen (secondary N) is 1. The SMILES string of the molecule is O=C1NC(c2ccccc2)(c2ccccc2)C(=O)N1Cc1ccccc1C(F)(F)F. The van der Waals surface area contributed by atoms with Crippen molar-refractivity contribution < 1.29 is 22.8 Å². The first kappa shape index (κ1) is 19.7. The highest BCUT2D eigenvalue weighted by Crippen LogP contribution is 2.38. The third-order valence-corrected chi connectivity index (χ3v) is 5.17. The smallest absolute Gasteiger partial charge is 0.315 e. The fourth-order valence-corrected chi connectivity index (χ4v) is 3.76. The lowest BCUT2D eigenvalue weighted by atomic mass is 9.82. The molecule has 1 fully saturated rings. The van der Waals surface area contributed by atoms with E-state index in [0.717, 1.165) is 11.0 Å². The lowest BCUT2D eigenvalue weighted by molar-refractivity contribution is -0.139. The third-order valence-electron chi connectivity index (χ3n) is 5.17. The molecule has 1 aliphatic rings. The van der Waals surface area contributed by atoms with Crippen LogP contribution in [0.15, 0.2) is 84.9 Å². The zero-order valence-corrected chi connectivity index (χ0v) is 15.7. The summed E-state index contributed by atoms with van der Waals surface area (Å²) >= 11 is 0. The number of hydrogen-bond donors (Lipinski definition) is 1. The van der Waals surface area contributed by atoms with E-state index in [2.05, 4.69) is 5.32 Å². The average Bonchev–Trinajstić information content (AvgIpc) is 3.00. The molecule has 0 aliphatic carbocycles. The van der Waals surface area contributed by atoms with Crippen molar-refractivity contribution in [1.29, 1.82) is 0 Å². The number of alkyl halides is 3. The first-order valence-electron chi connectivity index (χ1n) is 9.24. The molecule has 3 amide bonds. The van der Waals surface area contributed by atoms with Crippen molar-refractivity contribution in [2.45, 2.75) is 18.3 Å². The molecule has 7 heteroatoms. The quantitative estimate of drug-likeness (QED) is 0.634. The van der Waals surface area contributed by atoms with Crippen molar-refractivity contribution in [2.75, 3.05) is 0 Å². The van der Waals surface area contributed by atoms with Crippen LogP contribution in [0.5, 0.6) is 0 Å². The van der Waals surface area contributed by atoms with Crippen LogP contribution in [0.25, 0.3) is 0 Å². The van der Waals surface area contributed by atoms with Gasteiger partial charge in [-0.1, -0.05) is 78.9 Å². The van der Waals surface area contributed by atoms with Gasteiger partial charge in [0.05, 0.1) is 12.1 Å². The lowest BCUT2D eigenvalue weighted by Gasteiger charge is -2.28. The van der Waals surface area contributed by atoms with Crippen LogP contribution in [0.3, 0.4) is 0 Å². The van der Waals surface area contributed by atoms with Gasteiger partial charge >= 0.3 is 12.2 Å². The summed E-state index contributed by atoms with van der Waals surface area (Å²) in [5.41, 5.74) is -1.47. The third kappa shape index (κ3) is 3.22. The highest BCUT2D eigenvalue weighted by atomic mass is 19.4. The van der Waals surface area contributed by atoms with E-state index in [1.807, 2.05) is 0 Å². The summed E-state index contributed by atoms with van der Waals surface area (Å²) in [7, 11) is 0. The number of nitrogens with zero attached hydrogens (tertiary/aromatic N) is 1. The van der Waals surface area contributed by atoms with Gasteiger partial charge in [-0.15, -0.1) is 0 Å². The standard InChI is InChI=1S/C23H17F3N2O2/c24-23(25,26)19-14-8-7-9-16(19)15-28-20(29)22(27-21(28)30,17-10-3-1-4-11-17)18-12-5-2-6-13-18/h1-14H,15H2,(H,27,30). The summed E-state index contributed by atoms with van der Waals surface area (Å²) in [4.78, 5) is 27.2. The maximum atomic E-state index is 13.6. The Morgan fingerprint density at radius 1 is 0.767 bits per heavy atom. The zero-order valence-electron chi connectivity index (χ0n) is 15.7. The van der Waals surface area contributed by atoms with Crippen LogP contribution in [0.2, 0.25) is 0 Å². The molecule has 4 rings (SSSR count). The minimum absolute atomic E-state index is 0.148. The van der Waals surface area contributed by atoms with Gasteiger partial charge in [0, 0.05) is 0 Å². The second-order valence-corrected chi connectivity index (χ2v) is 6.96. The molecule has 0 saturated carbocycles. The van der Waals surface area contributed by atoms with Gasteiger partial charge in [-0.3, -0.25) is 9.69 Å². The Morgan fingerprint density at radius 2 is 1.27 bits per heavy atom. The zero-order chi connectivity index (χ0) is 21.4. The van der Waals surface area contributed by atoms with Crippen molar-refractivity contribution in [3.05, 3.63) is 107 Å². The van der Waals surface area contributed by atoms with E-state index >= 15 is 0 Å². The Kier molecular flexibility index (Phi) is 4.81. The predicted octanol–water partition coefficient (Wildman–Crippen LogP) is 4.70. The first-order chi connectivity index (χ1) is 14.3. The highest BCUT2D eigenvalue weighted by Gasteiger charge is 2.53. The number of halogens is 3. The van der Waals surface area contributed by atoms with Crippen LogP contribution in [-0.2, 0) is 23.1 Å². The van der Waals surface area contributed by atoms with Crippen LogP contribution < -0.4 is 5.32 Å². The van der Waals surface area contributed by atoms with E-state index < -0.39 is 35.8 Å². The van der Waals surface area contributed by atoms with Crippen LogP contribution in [-0.4, -0.2) is 16.8 Å². The van der Waals surface area contributed by atoms with Crippen molar-refractivity contribution in [1.82, 2.24) is 10.2 Å². The summed E-state index contributed by atoms with van der Waals surface area (Å²) in [5.74, 6) is -0.623. The maximum Gasteiger partial charge on any atom is 0.416 e. The number of hydrogen-bond acceptors (Lipinski definition) is 2.